The molecule has 7 heteroatoms. The van der Waals surface area contributed by atoms with E-state index in [1.807, 2.05) is 6.07 Å². The van der Waals surface area contributed by atoms with Crippen molar-refractivity contribution in [2.24, 2.45) is 0 Å². The molecule has 3 aromatic rings. The van der Waals surface area contributed by atoms with Gasteiger partial charge in [0.25, 0.3) is 0 Å². The Kier molecular flexibility index (Phi) is 3.23. The van der Waals surface area contributed by atoms with Crippen molar-refractivity contribution in [1.29, 1.82) is 5.26 Å². The summed E-state index contributed by atoms with van der Waals surface area (Å²) in [6.45, 7) is 0. The summed E-state index contributed by atoms with van der Waals surface area (Å²) in [7, 11) is 0. The van der Waals surface area contributed by atoms with Crippen LogP contribution in [0.4, 0.5) is 15.9 Å². The molecule has 4 N–H and O–H groups in total. The van der Waals surface area contributed by atoms with Crippen LogP contribution in [0.2, 0.25) is 0 Å². The van der Waals surface area contributed by atoms with E-state index in [0.717, 1.165) is 11.3 Å². The van der Waals surface area contributed by atoms with Gasteiger partial charge in [0.05, 0.1) is 10.6 Å². The summed E-state index contributed by atoms with van der Waals surface area (Å²) in [6.07, 6.45) is 0.624. The number of halogens is 1. The molecule has 0 fully saturated rings. The van der Waals surface area contributed by atoms with Crippen molar-refractivity contribution in [3.05, 3.63) is 40.5 Å². The van der Waals surface area contributed by atoms with E-state index in [1.54, 1.807) is 6.07 Å². The monoisotopic (exact) mass is 312 g/mol. The molecule has 1 aromatic carbocycles. The number of nitrogens with two attached hydrogens (primary N) is 2. The smallest absolute Gasteiger partial charge is 0.162 e. The molecule has 0 aliphatic carbocycles. The van der Waals surface area contributed by atoms with E-state index in [4.69, 9.17) is 11.5 Å². The summed E-state index contributed by atoms with van der Waals surface area (Å²) >= 11 is 1.08. The first-order chi connectivity index (χ1) is 10.6. The number of nitrogens with zero attached hydrogens (tertiary/aromatic N) is 2. The Bertz CT molecular complexity index is 958. The lowest BCUT2D eigenvalue weighted by molar-refractivity contribution is 0.112. The summed E-state index contributed by atoms with van der Waals surface area (Å²) in [5, 5.41) is 9.82. The Morgan fingerprint density at radius 3 is 2.77 bits per heavy atom. The van der Waals surface area contributed by atoms with Crippen LogP contribution < -0.4 is 11.5 Å². The van der Waals surface area contributed by atoms with E-state index in [0.29, 0.717) is 32.5 Å². The molecule has 0 aliphatic heterocycles. The van der Waals surface area contributed by atoms with Crippen LogP contribution in [0.15, 0.2) is 24.3 Å². The Morgan fingerprint density at radius 1 is 1.36 bits per heavy atom. The van der Waals surface area contributed by atoms with Crippen molar-refractivity contribution in [3.8, 4) is 17.2 Å². The van der Waals surface area contributed by atoms with E-state index in [2.05, 4.69) is 4.98 Å². The summed E-state index contributed by atoms with van der Waals surface area (Å²) < 4.78 is 13.5. The molecule has 0 saturated heterocycles. The summed E-state index contributed by atoms with van der Waals surface area (Å²) in [5.74, 6) is -0.428. The molecule has 0 unspecified atom stereocenters. The topological polar surface area (TPSA) is 106 Å². The van der Waals surface area contributed by atoms with Crippen molar-refractivity contribution in [1.82, 2.24) is 4.98 Å². The Balaban J connectivity index is 2.52. The van der Waals surface area contributed by atoms with E-state index in [-0.39, 0.29) is 17.1 Å². The molecular weight excluding hydrogens is 303 g/mol. The second-order valence-electron chi connectivity index (χ2n) is 4.55. The van der Waals surface area contributed by atoms with E-state index in [9.17, 15) is 14.4 Å². The fourth-order valence-electron chi connectivity index (χ4n) is 2.32. The molecule has 0 saturated carbocycles. The number of hydrogen-bond acceptors (Lipinski definition) is 6. The highest BCUT2D eigenvalue weighted by Gasteiger charge is 2.21. The number of aromatic nitrogens is 1. The van der Waals surface area contributed by atoms with Crippen molar-refractivity contribution in [2.45, 2.75) is 0 Å². The number of anilines is 2. The second-order valence-corrected chi connectivity index (χ2v) is 5.58. The molecular formula is C15H9FN4OS. The third-order valence-corrected chi connectivity index (χ3v) is 4.29. The number of nitriles is 1. The van der Waals surface area contributed by atoms with Crippen LogP contribution in [0.1, 0.15) is 15.2 Å². The molecule has 3 rings (SSSR count). The number of aldehydes is 1. The first-order valence-electron chi connectivity index (χ1n) is 6.19. The number of pyridine rings is 1. The number of rotatable bonds is 2. The zero-order valence-corrected chi connectivity index (χ0v) is 11.9. The van der Waals surface area contributed by atoms with Crippen LogP contribution in [0.25, 0.3) is 21.3 Å². The van der Waals surface area contributed by atoms with Gasteiger partial charge >= 0.3 is 0 Å². The molecule has 2 aromatic heterocycles. The first kappa shape index (κ1) is 14.0. The number of carbonyl (C=O) groups excluding carboxylic acids is 1. The third kappa shape index (κ3) is 1.98. The average Bonchev–Trinajstić information content (AvgIpc) is 2.81. The Hall–Kier alpha value is -2.98. The largest absolute Gasteiger partial charge is 0.397 e. The molecule has 0 aliphatic rings. The van der Waals surface area contributed by atoms with E-state index >= 15 is 0 Å². The SMILES string of the molecule is N#Cc1c(N)nc2sc(C=O)c(N)c2c1-c1cccc(F)c1. The van der Waals surface area contributed by atoms with Gasteiger partial charge in [-0.1, -0.05) is 12.1 Å². The molecule has 108 valence electrons. The standard InChI is InChI=1S/C15H9FN4OS/c16-8-3-1-2-7(4-8)11-9(5-17)14(19)20-15-12(11)13(18)10(6-21)22-15/h1-4,6H,18H2,(H2,19,20). The van der Waals surface area contributed by atoms with Gasteiger partial charge in [-0.15, -0.1) is 11.3 Å². The predicted octanol–water partition coefficient (Wildman–Crippen LogP) is 2.95. The fraction of sp³-hybridized carbons (Fsp3) is 0. The molecule has 0 amide bonds. The minimum atomic E-state index is -0.450. The molecule has 5 nitrogen and oxygen atoms in total. The highest BCUT2D eigenvalue weighted by molar-refractivity contribution is 7.21. The van der Waals surface area contributed by atoms with Gasteiger partial charge in [0.15, 0.2) is 6.29 Å². The van der Waals surface area contributed by atoms with E-state index in [1.165, 1.54) is 18.2 Å². The minimum absolute atomic E-state index is 0.0213. The maximum absolute atomic E-state index is 13.5. The van der Waals surface area contributed by atoms with Crippen LogP contribution in [0, 0.1) is 17.1 Å². The van der Waals surface area contributed by atoms with Crippen LogP contribution in [0.5, 0.6) is 0 Å². The first-order valence-corrected chi connectivity index (χ1v) is 7.01. The number of thiophene rings is 1. The molecule has 2 heterocycles. The lowest BCUT2D eigenvalue weighted by atomic mass is 9.97. The quantitative estimate of drug-likeness (QED) is 0.708. The Labute approximate surface area is 128 Å². The Morgan fingerprint density at radius 2 is 2.14 bits per heavy atom. The summed E-state index contributed by atoms with van der Waals surface area (Å²) in [4.78, 5) is 16.0. The number of hydrogen-bond donors (Lipinski definition) is 2. The van der Waals surface area contributed by atoms with Gasteiger partial charge in [-0.25, -0.2) is 9.37 Å². The summed E-state index contributed by atoms with van der Waals surface area (Å²) in [6, 6.07) is 7.73. The van der Waals surface area contributed by atoms with Gasteiger partial charge in [-0.2, -0.15) is 5.26 Å². The molecule has 0 radical (unpaired) electrons. The maximum Gasteiger partial charge on any atom is 0.162 e. The fourth-order valence-corrected chi connectivity index (χ4v) is 3.25. The van der Waals surface area contributed by atoms with Crippen molar-refractivity contribution in [3.63, 3.8) is 0 Å². The van der Waals surface area contributed by atoms with Gasteiger partial charge in [0.2, 0.25) is 0 Å². The maximum atomic E-state index is 13.5. The zero-order valence-electron chi connectivity index (χ0n) is 11.1. The van der Waals surface area contributed by atoms with Crippen LogP contribution in [-0.4, -0.2) is 11.3 Å². The van der Waals surface area contributed by atoms with Gasteiger partial charge in [-0.3, -0.25) is 4.79 Å². The van der Waals surface area contributed by atoms with E-state index < -0.39 is 5.82 Å². The van der Waals surface area contributed by atoms with Crippen molar-refractivity contribution in [2.75, 3.05) is 11.5 Å². The molecule has 0 spiro atoms. The minimum Gasteiger partial charge on any atom is -0.397 e. The van der Waals surface area contributed by atoms with Crippen LogP contribution in [0.3, 0.4) is 0 Å². The van der Waals surface area contributed by atoms with Crippen molar-refractivity contribution < 1.29 is 9.18 Å². The number of fused-ring (bicyclic) bond motifs is 1. The van der Waals surface area contributed by atoms with Crippen LogP contribution in [-0.2, 0) is 0 Å². The number of benzene rings is 1. The lowest BCUT2D eigenvalue weighted by Gasteiger charge is -2.09. The highest BCUT2D eigenvalue weighted by Crippen LogP contribution is 2.41. The normalized spacial score (nSPS) is 10.5. The third-order valence-electron chi connectivity index (χ3n) is 3.27. The number of nitrogen functional groups attached to an aromatic ring is 2. The summed E-state index contributed by atoms with van der Waals surface area (Å²) in [5.41, 5.74) is 13.0. The highest BCUT2D eigenvalue weighted by atomic mass is 32.1. The van der Waals surface area contributed by atoms with Gasteiger partial charge in [0.1, 0.15) is 28.1 Å². The molecule has 0 atom stereocenters. The molecule has 0 bridgehead atoms. The van der Waals surface area contributed by atoms with Crippen molar-refractivity contribution >= 4 is 39.3 Å². The van der Waals surface area contributed by atoms with Gasteiger partial charge < -0.3 is 11.5 Å². The zero-order chi connectivity index (χ0) is 15.9. The lowest BCUT2D eigenvalue weighted by Crippen LogP contribution is -1.99. The second kappa shape index (κ2) is 5.09. The number of carbonyl (C=O) groups is 1. The average molecular weight is 312 g/mol. The predicted molar refractivity (Wildman–Crippen MR) is 83.9 cm³/mol. The van der Waals surface area contributed by atoms with Gasteiger partial charge in [0, 0.05) is 10.9 Å². The van der Waals surface area contributed by atoms with Gasteiger partial charge in [-0.05, 0) is 17.7 Å². The van der Waals surface area contributed by atoms with Crippen LogP contribution >= 0.6 is 11.3 Å². The molecule has 22 heavy (non-hydrogen) atoms.